The molecule has 126 valence electrons. The minimum atomic E-state index is -5.01. The molecule has 0 saturated heterocycles. The van der Waals surface area contributed by atoms with Gasteiger partial charge in [-0.15, -0.1) is 0 Å². The fourth-order valence-electron chi connectivity index (χ4n) is 2.39. The first-order valence-electron chi connectivity index (χ1n) is 7.01. The van der Waals surface area contributed by atoms with Gasteiger partial charge in [-0.3, -0.25) is 4.79 Å². The van der Waals surface area contributed by atoms with Gasteiger partial charge >= 0.3 is 6.18 Å². The summed E-state index contributed by atoms with van der Waals surface area (Å²) in [5, 5.41) is 14.1. The number of carbonyl (C=O) groups is 1. The molecule has 1 aromatic carbocycles. The SMILES string of the molecule is CC(C)CC1=NN(C(=O)c2ccccc2Br)[C@](O)(C(F)(F)F)C1. The van der Waals surface area contributed by atoms with Gasteiger partial charge in [-0.05, 0) is 40.4 Å². The van der Waals surface area contributed by atoms with Gasteiger partial charge in [-0.2, -0.15) is 23.3 Å². The highest BCUT2D eigenvalue weighted by Crippen LogP contribution is 2.42. The maximum Gasteiger partial charge on any atom is 0.438 e. The average molecular weight is 393 g/mol. The average Bonchev–Trinajstić information content (AvgIpc) is 2.75. The summed E-state index contributed by atoms with van der Waals surface area (Å²) >= 11 is 3.13. The second kappa shape index (κ2) is 6.24. The third kappa shape index (κ3) is 3.42. The second-order valence-electron chi connectivity index (χ2n) is 5.85. The van der Waals surface area contributed by atoms with E-state index in [1.54, 1.807) is 6.07 Å². The lowest BCUT2D eigenvalue weighted by molar-refractivity contribution is -0.297. The van der Waals surface area contributed by atoms with E-state index in [4.69, 9.17) is 0 Å². The molecule has 2 rings (SSSR count). The summed E-state index contributed by atoms with van der Waals surface area (Å²) in [6, 6.07) is 6.07. The number of nitrogens with zero attached hydrogens (tertiary/aromatic N) is 2. The lowest BCUT2D eigenvalue weighted by Crippen LogP contribution is -2.56. The molecule has 0 aliphatic carbocycles. The van der Waals surface area contributed by atoms with Crippen molar-refractivity contribution in [2.24, 2.45) is 11.0 Å². The lowest BCUT2D eigenvalue weighted by atomic mass is 9.99. The predicted octanol–water partition coefficient (Wildman–Crippen LogP) is 3.95. The molecule has 0 unspecified atom stereocenters. The normalized spacial score (nSPS) is 21.7. The van der Waals surface area contributed by atoms with Crippen molar-refractivity contribution in [3.8, 4) is 0 Å². The molecular weight excluding hydrogens is 377 g/mol. The molecule has 8 heteroatoms. The zero-order valence-corrected chi connectivity index (χ0v) is 14.1. The Morgan fingerprint density at radius 2 is 2.04 bits per heavy atom. The summed E-state index contributed by atoms with van der Waals surface area (Å²) < 4.78 is 40.4. The van der Waals surface area contributed by atoms with Crippen LogP contribution < -0.4 is 0 Å². The lowest BCUT2D eigenvalue weighted by Gasteiger charge is -2.32. The molecule has 23 heavy (non-hydrogen) atoms. The number of hydrogen-bond donors (Lipinski definition) is 1. The number of amides is 1. The highest BCUT2D eigenvalue weighted by Gasteiger charge is 2.63. The number of hydrazone groups is 1. The third-order valence-electron chi connectivity index (χ3n) is 3.44. The van der Waals surface area contributed by atoms with Gasteiger partial charge in [-0.1, -0.05) is 26.0 Å². The van der Waals surface area contributed by atoms with Crippen LogP contribution in [0.5, 0.6) is 0 Å². The van der Waals surface area contributed by atoms with Gasteiger partial charge in [0.2, 0.25) is 0 Å². The number of carbonyl (C=O) groups excluding carboxylic acids is 1. The molecule has 1 aliphatic heterocycles. The van der Waals surface area contributed by atoms with E-state index < -0.39 is 24.2 Å². The number of hydrogen-bond acceptors (Lipinski definition) is 3. The molecule has 0 fully saturated rings. The second-order valence-corrected chi connectivity index (χ2v) is 6.71. The zero-order valence-electron chi connectivity index (χ0n) is 12.6. The van der Waals surface area contributed by atoms with Crippen LogP contribution in [0, 0.1) is 5.92 Å². The summed E-state index contributed by atoms with van der Waals surface area (Å²) in [5.41, 5.74) is -3.16. The van der Waals surface area contributed by atoms with E-state index in [2.05, 4.69) is 21.0 Å². The van der Waals surface area contributed by atoms with Crippen molar-refractivity contribution in [1.29, 1.82) is 0 Å². The van der Waals surface area contributed by atoms with Gasteiger partial charge in [0.15, 0.2) is 0 Å². The first kappa shape index (κ1) is 17.9. The fraction of sp³-hybridized carbons (Fsp3) is 0.467. The maximum absolute atomic E-state index is 13.4. The van der Waals surface area contributed by atoms with Crippen LogP contribution in [0.2, 0.25) is 0 Å². The summed E-state index contributed by atoms with van der Waals surface area (Å²) in [6.45, 7) is 3.65. The minimum Gasteiger partial charge on any atom is -0.362 e. The molecule has 1 amide bonds. The summed E-state index contributed by atoms with van der Waals surface area (Å²) in [7, 11) is 0. The van der Waals surface area contributed by atoms with E-state index >= 15 is 0 Å². The van der Waals surface area contributed by atoms with Crippen LogP contribution in [0.1, 0.15) is 37.0 Å². The van der Waals surface area contributed by atoms with Crippen LogP contribution in [0.4, 0.5) is 13.2 Å². The van der Waals surface area contributed by atoms with Crippen LogP contribution in [-0.4, -0.2) is 33.6 Å². The first-order valence-corrected chi connectivity index (χ1v) is 7.80. The van der Waals surface area contributed by atoms with E-state index in [-0.39, 0.29) is 28.6 Å². The molecule has 1 heterocycles. The van der Waals surface area contributed by atoms with Crippen LogP contribution in [0.25, 0.3) is 0 Å². The van der Waals surface area contributed by atoms with Gasteiger partial charge in [-0.25, -0.2) is 0 Å². The van der Waals surface area contributed by atoms with Crippen molar-refractivity contribution < 1.29 is 23.1 Å². The first-order chi connectivity index (χ1) is 10.6. The van der Waals surface area contributed by atoms with Crippen molar-refractivity contribution in [3.63, 3.8) is 0 Å². The molecule has 0 spiro atoms. The highest BCUT2D eigenvalue weighted by atomic mass is 79.9. The summed E-state index contributed by atoms with van der Waals surface area (Å²) in [5.74, 6) is -0.944. The van der Waals surface area contributed by atoms with E-state index in [1.807, 2.05) is 13.8 Å². The van der Waals surface area contributed by atoms with Gasteiger partial charge in [0.25, 0.3) is 11.6 Å². The fourth-order valence-corrected chi connectivity index (χ4v) is 2.84. The Kier molecular flexibility index (Phi) is 4.86. The third-order valence-corrected chi connectivity index (χ3v) is 4.13. The zero-order chi connectivity index (χ0) is 17.4. The van der Waals surface area contributed by atoms with E-state index in [1.165, 1.54) is 18.2 Å². The standard InChI is InChI=1S/C15H16BrF3N2O2/c1-9(2)7-10-8-14(23,15(17,18)19)21(20-10)13(22)11-5-3-4-6-12(11)16/h3-6,9,23H,7-8H2,1-2H3/t14-/m1/s1. The quantitative estimate of drug-likeness (QED) is 0.846. The van der Waals surface area contributed by atoms with Crippen LogP contribution >= 0.6 is 15.9 Å². The minimum absolute atomic E-state index is 0.00437. The van der Waals surface area contributed by atoms with Crippen molar-refractivity contribution in [2.75, 3.05) is 0 Å². The Hall–Kier alpha value is -1.41. The van der Waals surface area contributed by atoms with Gasteiger partial charge in [0, 0.05) is 16.6 Å². The Labute approximate surface area is 140 Å². The molecule has 1 aromatic rings. The van der Waals surface area contributed by atoms with Crippen molar-refractivity contribution >= 4 is 27.5 Å². The largest absolute Gasteiger partial charge is 0.438 e. The van der Waals surface area contributed by atoms with Crippen molar-refractivity contribution in [2.45, 2.75) is 38.6 Å². The number of benzene rings is 1. The Bertz CT molecular complexity index is 646. The molecule has 0 radical (unpaired) electrons. The van der Waals surface area contributed by atoms with Gasteiger partial charge in [0.05, 0.1) is 5.56 Å². The number of rotatable bonds is 3. The molecule has 0 bridgehead atoms. The maximum atomic E-state index is 13.4. The van der Waals surface area contributed by atoms with Crippen LogP contribution in [0.3, 0.4) is 0 Å². The van der Waals surface area contributed by atoms with Crippen molar-refractivity contribution in [3.05, 3.63) is 34.3 Å². The monoisotopic (exact) mass is 392 g/mol. The number of aliphatic hydroxyl groups is 1. The molecule has 0 saturated carbocycles. The molecule has 1 aliphatic rings. The topological polar surface area (TPSA) is 52.9 Å². The summed E-state index contributed by atoms with van der Waals surface area (Å²) in [6.07, 6.45) is -5.46. The van der Waals surface area contributed by atoms with Gasteiger partial charge < -0.3 is 5.11 Å². The van der Waals surface area contributed by atoms with Crippen LogP contribution in [-0.2, 0) is 0 Å². The van der Waals surface area contributed by atoms with E-state index in [0.717, 1.165) is 0 Å². The van der Waals surface area contributed by atoms with Gasteiger partial charge in [0.1, 0.15) is 0 Å². The molecule has 1 N–H and O–H groups in total. The Balaban J connectivity index is 2.44. The number of halogens is 4. The van der Waals surface area contributed by atoms with Crippen LogP contribution in [0.15, 0.2) is 33.8 Å². The highest BCUT2D eigenvalue weighted by molar-refractivity contribution is 9.10. The van der Waals surface area contributed by atoms with Crippen molar-refractivity contribution in [1.82, 2.24) is 5.01 Å². The predicted molar refractivity (Wildman–Crippen MR) is 82.8 cm³/mol. The Morgan fingerprint density at radius 1 is 1.43 bits per heavy atom. The molecule has 4 nitrogen and oxygen atoms in total. The van der Waals surface area contributed by atoms with E-state index in [0.29, 0.717) is 4.47 Å². The molecule has 1 atom stereocenters. The number of alkyl halides is 3. The Morgan fingerprint density at radius 3 is 2.57 bits per heavy atom. The van der Waals surface area contributed by atoms with E-state index in [9.17, 15) is 23.1 Å². The summed E-state index contributed by atoms with van der Waals surface area (Å²) in [4.78, 5) is 12.5. The molecular formula is C15H16BrF3N2O2. The smallest absolute Gasteiger partial charge is 0.362 e. The molecule has 0 aromatic heterocycles.